The zero-order chi connectivity index (χ0) is 22.0. The summed E-state index contributed by atoms with van der Waals surface area (Å²) < 4.78 is 8.30. The molecule has 9 nitrogen and oxygen atoms in total. The number of esters is 1. The molecular weight excluding hydrogens is 396 g/mol. The number of rotatable bonds is 6. The van der Waals surface area contributed by atoms with Gasteiger partial charge in [-0.1, -0.05) is 18.2 Å². The van der Waals surface area contributed by atoms with Crippen molar-refractivity contribution in [3.63, 3.8) is 0 Å². The molecule has 0 saturated heterocycles. The van der Waals surface area contributed by atoms with Crippen molar-refractivity contribution in [1.29, 1.82) is 0 Å². The Labute approximate surface area is 178 Å². The highest BCUT2D eigenvalue weighted by molar-refractivity contribution is 6.14. The van der Waals surface area contributed by atoms with Crippen LogP contribution < -0.4 is 5.32 Å². The van der Waals surface area contributed by atoms with E-state index in [1.807, 2.05) is 37.4 Å². The Morgan fingerprint density at radius 2 is 1.90 bits per heavy atom. The summed E-state index contributed by atoms with van der Waals surface area (Å²) in [6.45, 7) is 4.68. The van der Waals surface area contributed by atoms with Crippen LogP contribution in [0.25, 0.3) is 22.2 Å². The summed E-state index contributed by atoms with van der Waals surface area (Å²) in [4.78, 5) is 30.2. The van der Waals surface area contributed by atoms with Gasteiger partial charge in [-0.05, 0) is 26.0 Å². The van der Waals surface area contributed by atoms with Gasteiger partial charge in [-0.15, -0.1) is 0 Å². The Bertz CT molecular complexity index is 1270. The lowest BCUT2D eigenvalue weighted by Gasteiger charge is -2.11. The minimum absolute atomic E-state index is 0.195. The number of aromatic nitrogens is 5. The second kappa shape index (κ2) is 8.39. The first kappa shape index (κ1) is 20.3. The molecule has 0 atom stereocenters. The fourth-order valence-corrected chi connectivity index (χ4v) is 3.30. The number of para-hydroxylation sites is 1. The highest BCUT2D eigenvalue weighted by Gasteiger charge is 2.21. The van der Waals surface area contributed by atoms with Crippen LogP contribution in [-0.2, 0) is 18.3 Å². The van der Waals surface area contributed by atoms with Gasteiger partial charge < -0.3 is 10.1 Å². The van der Waals surface area contributed by atoms with Crippen LogP contribution >= 0.6 is 0 Å². The molecule has 1 N–H and O–H groups in total. The molecule has 4 aromatic rings. The monoisotopic (exact) mass is 418 g/mol. The number of nitrogens with one attached hydrogen (secondary N) is 1. The topological polar surface area (TPSA) is 104 Å². The van der Waals surface area contributed by atoms with E-state index in [2.05, 4.69) is 15.5 Å². The standard InChI is InChI=1S/C22H22N6O3/c1-4-28-13-14(11-24-28)19-10-16(15-8-6-7-9-18(15)25-19)21(29)26-20-17(12-23-27(20)3)22(30)31-5-2/h6-13H,4-5H2,1-3H3,(H,26,29). The quantitative estimate of drug-likeness (QED) is 0.482. The fourth-order valence-electron chi connectivity index (χ4n) is 3.30. The van der Waals surface area contributed by atoms with Gasteiger partial charge in [0.05, 0.1) is 35.8 Å². The molecule has 0 unspecified atom stereocenters. The van der Waals surface area contributed by atoms with E-state index in [9.17, 15) is 9.59 Å². The lowest BCUT2D eigenvalue weighted by Crippen LogP contribution is -2.18. The fraction of sp³-hybridized carbons (Fsp3) is 0.227. The maximum atomic E-state index is 13.3. The van der Waals surface area contributed by atoms with E-state index < -0.39 is 5.97 Å². The van der Waals surface area contributed by atoms with Crippen LogP contribution in [0.15, 0.2) is 48.9 Å². The number of benzene rings is 1. The van der Waals surface area contributed by atoms with E-state index in [1.165, 1.54) is 10.9 Å². The largest absolute Gasteiger partial charge is 0.462 e. The van der Waals surface area contributed by atoms with E-state index >= 15 is 0 Å². The zero-order valence-electron chi connectivity index (χ0n) is 17.5. The molecular formula is C22H22N6O3. The number of amides is 1. The van der Waals surface area contributed by atoms with E-state index in [1.54, 1.807) is 30.9 Å². The van der Waals surface area contributed by atoms with Gasteiger partial charge in [0.1, 0.15) is 11.4 Å². The summed E-state index contributed by atoms with van der Waals surface area (Å²) in [5, 5.41) is 11.9. The van der Waals surface area contributed by atoms with E-state index in [4.69, 9.17) is 9.72 Å². The molecule has 3 heterocycles. The molecule has 0 fully saturated rings. The molecule has 0 aliphatic carbocycles. The average molecular weight is 418 g/mol. The maximum Gasteiger partial charge on any atom is 0.343 e. The number of anilines is 1. The van der Waals surface area contributed by atoms with Gasteiger partial charge >= 0.3 is 5.97 Å². The van der Waals surface area contributed by atoms with Gasteiger partial charge in [0.2, 0.25) is 0 Å². The molecule has 158 valence electrons. The summed E-state index contributed by atoms with van der Waals surface area (Å²) >= 11 is 0. The number of hydrogen-bond acceptors (Lipinski definition) is 6. The summed E-state index contributed by atoms with van der Waals surface area (Å²) in [6, 6.07) is 9.15. The lowest BCUT2D eigenvalue weighted by molar-refractivity contribution is 0.0527. The van der Waals surface area contributed by atoms with Crippen molar-refractivity contribution in [2.24, 2.45) is 7.05 Å². The van der Waals surface area contributed by atoms with E-state index in [0.717, 1.165) is 12.1 Å². The molecule has 0 radical (unpaired) electrons. The zero-order valence-corrected chi connectivity index (χ0v) is 17.5. The first-order valence-electron chi connectivity index (χ1n) is 9.94. The smallest absolute Gasteiger partial charge is 0.343 e. The van der Waals surface area contributed by atoms with Crippen LogP contribution in [0, 0.1) is 0 Å². The number of pyridine rings is 1. The highest BCUT2D eigenvalue weighted by atomic mass is 16.5. The van der Waals surface area contributed by atoms with Gasteiger partial charge in [0.25, 0.3) is 5.91 Å². The van der Waals surface area contributed by atoms with Crippen molar-refractivity contribution in [2.75, 3.05) is 11.9 Å². The van der Waals surface area contributed by atoms with Gasteiger partial charge in [-0.2, -0.15) is 10.2 Å². The summed E-state index contributed by atoms with van der Waals surface area (Å²) in [7, 11) is 1.65. The minimum atomic E-state index is -0.543. The van der Waals surface area contributed by atoms with Crippen molar-refractivity contribution >= 4 is 28.6 Å². The van der Waals surface area contributed by atoms with Crippen molar-refractivity contribution < 1.29 is 14.3 Å². The number of fused-ring (bicyclic) bond motifs is 1. The molecule has 3 aromatic heterocycles. The molecule has 1 amide bonds. The van der Waals surface area contributed by atoms with Crippen LogP contribution in [0.3, 0.4) is 0 Å². The van der Waals surface area contributed by atoms with Gasteiger partial charge in [-0.3, -0.25) is 14.2 Å². The SMILES string of the molecule is CCOC(=O)c1cnn(C)c1NC(=O)c1cc(-c2cnn(CC)c2)nc2ccccc12. The van der Waals surface area contributed by atoms with Crippen LogP contribution in [0.4, 0.5) is 5.82 Å². The Morgan fingerprint density at radius 3 is 2.65 bits per heavy atom. The van der Waals surface area contributed by atoms with Gasteiger partial charge in [0.15, 0.2) is 0 Å². The summed E-state index contributed by atoms with van der Waals surface area (Å²) in [5.74, 6) is -0.653. The Hall–Kier alpha value is -4.01. The molecule has 4 rings (SSSR count). The van der Waals surface area contributed by atoms with E-state index in [-0.39, 0.29) is 23.9 Å². The summed E-state index contributed by atoms with van der Waals surface area (Å²) in [5.41, 5.74) is 2.76. The third kappa shape index (κ3) is 3.89. The molecule has 31 heavy (non-hydrogen) atoms. The highest BCUT2D eigenvalue weighted by Crippen LogP contribution is 2.26. The number of nitrogens with zero attached hydrogens (tertiary/aromatic N) is 5. The number of hydrogen-bond donors (Lipinski definition) is 1. The first-order chi connectivity index (χ1) is 15.0. The van der Waals surface area contributed by atoms with Crippen LogP contribution in [0.1, 0.15) is 34.6 Å². The van der Waals surface area contributed by atoms with Crippen LogP contribution in [-0.4, -0.2) is 43.0 Å². The van der Waals surface area contributed by atoms with Crippen molar-refractivity contribution in [2.45, 2.75) is 20.4 Å². The Balaban J connectivity index is 1.76. The lowest BCUT2D eigenvalue weighted by atomic mass is 10.0. The average Bonchev–Trinajstić information content (AvgIpc) is 3.40. The molecule has 0 spiro atoms. The van der Waals surface area contributed by atoms with Crippen LogP contribution in [0.2, 0.25) is 0 Å². The molecule has 0 aliphatic heterocycles. The van der Waals surface area contributed by atoms with Gasteiger partial charge in [0, 0.05) is 30.7 Å². The van der Waals surface area contributed by atoms with Crippen molar-refractivity contribution in [3.8, 4) is 11.3 Å². The minimum Gasteiger partial charge on any atom is -0.462 e. The first-order valence-corrected chi connectivity index (χ1v) is 9.94. The molecule has 9 heteroatoms. The van der Waals surface area contributed by atoms with Crippen LogP contribution in [0.5, 0.6) is 0 Å². The molecule has 0 saturated carbocycles. The second-order valence-corrected chi connectivity index (χ2v) is 6.86. The van der Waals surface area contributed by atoms with Gasteiger partial charge in [-0.25, -0.2) is 9.78 Å². The normalized spacial score (nSPS) is 10.9. The Kier molecular flexibility index (Phi) is 5.48. The van der Waals surface area contributed by atoms with Crippen molar-refractivity contribution in [3.05, 3.63) is 60.0 Å². The number of ether oxygens (including phenoxy) is 1. The maximum absolute atomic E-state index is 13.3. The predicted molar refractivity (Wildman–Crippen MR) is 116 cm³/mol. The predicted octanol–water partition coefficient (Wildman–Crippen LogP) is 3.28. The number of carbonyl (C=O) groups excluding carboxylic acids is 2. The number of carbonyl (C=O) groups is 2. The third-order valence-corrected chi connectivity index (χ3v) is 4.88. The third-order valence-electron chi connectivity index (χ3n) is 4.88. The number of aryl methyl sites for hydroxylation is 2. The summed E-state index contributed by atoms with van der Waals surface area (Å²) in [6.07, 6.45) is 4.99. The molecule has 0 bridgehead atoms. The van der Waals surface area contributed by atoms with Crippen molar-refractivity contribution in [1.82, 2.24) is 24.5 Å². The molecule has 1 aromatic carbocycles. The second-order valence-electron chi connectivity index (χ2n) is 6.86. The van der Waals surface area contributed by atoms with E-state index in [0.29, 0.717) is 22.2 Å². The Morgan fingerprint density at radius 1 is 1.10 bits per heavy atom. The molecule has 0 aliphatic rings.